The van der Waals surface area contributed by atoms with Gasteiger partial charge in [0.1, 0.15) is 4.88 Å². The Bertz CT molecular complexity index is 633. The van der Waals surface area contributed by atoms with E-state index in [4.69, 9.17) is 0 Å². The average Bonchev–Trinajstić information content (AvgIpc) is 3.01. The van der Waals surface area contributed by atoms with Gasteiger partial charge in [0.2, 0.25) is 0 Å². The Morgan fingerprint density at radius 1 is 1.32 bits per heavy atom. The molecule has 1 aliphatic heterocycles. The highest BCUT2D eigenvalue weighted by molar-refractivity contribution is 7.13. The van der Waals surface area contributed by atoms with Crippen molar-refractivity contribution in [1.82, 2.24) is 9.88 Å². The van der Waals surface area contributed by atoms with E-state index in [2.05, 4.69) is 4.98 Å². The third-order valence-electron chi connectivity index (χ3n) is 4.25. The topological polar surface area (TPSA) is 53.4 Å². The lowest BCUT2D eigenvalue weighted by Gasteiger charge is -2.34. The number of likely N-dealkylation sites (tertiary alicyclic amines) is 1. The summed E-state index contributed by atoms with van der Waals surface area (Å²) in [4.78, 5) is 19.1. The van der Waals surface area contributed by atoms with Crippen LogP contribution in [0.4, 0.5) is 0 Å². The Balaban J connectivity index is 1.59. The van der Waals surface area contributed by atoms with Gasteiger partial charge in [-0.25, -0.2) is 4.98 Å². The molecule has 5 heteroatoms. The molecule has 0 unspecified atom stereocenters. The second-order valence-corrected chi connectivity index (χ2v) is 6.96. The lowest BCUT2D eigenvalue weighted by atomic mass is 9.87. The van der Waals surface area contributed by atoms with Gasteiger partial charge in [-0.1, -0.05) is 30.3 Å². The first-order chi connectivity index (χ1) is 10.6. The molecule has 1 amide bonds. The minimum Gasteiger partial charge on any atom is -0.388 e. The van der Waals surface area contributed by atoms with Crippen molar-refractivity contribution in [3.05, 3.63) is 52.0 Å². The molecule has 1 N–H and O–H groups in total. The van der Waals surface area contributed by atoms with Crippen LogP contribution in [0.5, 0.6) is 0 Å². The highest BCUT2D eigenvalue weighted by Gasteiger charge is 2.29. The van der Waals surface area contributed by atoms with E-state index in [9.17, 15) is 9.90 Å². The summed E-state index contributed by atoms with van der Waals surface area (Å²) in [6.07, 6.45) is 2.89. The van der Waals surface area contributed by atoms with E-state index < -0.39 is 6.10 Å². The number of carbonyl (C=O) groups is 1. The van der Waals surface area contributed by atoms with Crippen LogP contribution in [0.15, 0.2) is 36.5 Å². The van der Waals surface area contributed by atoms with Crippen molar-refractivity contribution in [2.75, 3.05) is 13.1 Å². The molecule has 1 saturated heterocycles. The summed E-state index contributed by atoms with van der Waals surface area (Å²) < 4.78 is 0. The first-order valence-corrected chi connectivity index (χ1v) is 8.41. The molecule has 1 atom stereocenters. The quantitative estimate of drug-likeness (QED) is 0.947. The molecule has 3 rings (SSSR count). The predicted octanol–water partition coefficient (Wildman–Crippen LogP) is 3.04. The first kappa shape index (κ1) is 15.2. The van der Waals surface area contributed by atoms with Gasteiger partial charge in [0, 0.05) is 13.1 Å². The summed E-state index contributed by atoms with van der Waals surface area (Å²) in [5.41, 5.74) is 0.963. The summed E-state index contributed by atoms with van der Waals surface area (Å²) in [7, 11) is 0. The van der Waals surface area contributed by atoms with Gasteiger partial charge in [-0.3, -0.25) is 4.79 Å². The monoisotopic (exact) mass is 316 g/mol. The number of aliphatic hydroxyl groups excluding tert-OH is 1. The number of aryl methyl sites for hydroxylation is 1. The summed E-state index contributed by atoms with van der Waals surface area (Å²) >= 11 is 1.44. The summed E-state index contributed by atoms with van der Waals surface area (Å²) in [6, 6.07) is 9.77. The second-order valence-electron chi connectivity index (χ2n) is 5.73. The summed E-state index contributed by atoms with van der Waals surface area (Å²) in [5, 5.41) is 11.4. The molecule has 0 bridgehead atoms. The Labute approximate surface area is 134 Å². The van der Waals surface area contributed by atoms with E-state index >= 15 is 0 Å². The van der Waals surface area contributed by atoms with E-state index in [-0.39, 0.29) is 11.8 Å². The number of carbonyl (C=O) groups excluding carboxylic acids is 1. The molecule has 0 saturated carbocycles. The van der Waals surface area contributed by atoms with Gasteiger partial charge in [-0.2, -0.15) is 0 Å². The minimum atomic E-state index is -0.441. The normalized spacial score (nSPS) is 17.5. The van der Waals surface area contributed by atoms with E-state index in [1.165, 1.54) is 11.3 Å². The maximum absolute atomic E-state index is 12.4. The van der Waals surface area contributed by atoms with Crippen molar-refractivity contribution in [3.63, 3.8) is 0 Å². The molecule has 1 aliphatic rings. The zero-order valence-corrected chi connectivity index (χ0v) is 13.4. The van der Waals surface area contributed by atoms with Crippen molar-refractivity contribution in [3.8, 4) is 0 Å². The van der Waals surface area contributed by atoms with Gasteiger partial charge < -0.3 is 10.0 Å². The van der Waals surface area contributed by atoms with Gasteiger partial charge in [-0.15, -0.1) is 11.3 Å². The van der Waals surface area contributed by atoms with Gasteiger partial charge >= 0.3 is 0 Å². The molecule has 2 aromatic rings. The molecular weight excluding hydrogens is 296 g/mol. The molecule has 116 valence electrons. The summed E-state index contributed by atoms with van der Waals surface area (Å²) in [6.45, 7) is 3.30. The number of benzene rings is 1. The molecule has 2 heterocycles. The standard InChI is InChI=1S/C17H20N2O2S/c1-12-18-11-15(22-12)17(21)19-9-7-14(8-10-19)16(20)13-5-3-2-4-6-13/h2-6,11,14,16,20H,7-10H2,1H3/t16-/m0/s1. The van der Waals surface area contributed by atoms with Crippen LogP contribution in [-0.4, -0.2) is 34.0 Å². The highest BCUT2D eigenvalue weighted by Crippen LogP contribution is 2.31. The number of thiazole rings is 1. The number of amides is 1. The van der Waals surface area contributed by atoms with Crippen LogP contribution in [0.1, 0.15) is 39.2 Å². The number of piperidine rings is 1. The van der Waals surface area contributed by atoms with Crippen LogP contribution >= 0.6 is 11.3 Å². The first-order valence-electron chi connectivity index (χ1n) is 7.60. The van der Waals surface area contributed by atoms with Crippen molar-refractivity contribution in [2.24, 2.45) is 5.92 Å². The highest BCUT2D eigenvalue weighted by atomic mass is 32.1. The van der Waals surface area contributed by atoms with Gasteiger partial charge in [0.25, 0.3) is 5.91 Å². The SMILES string of the molecule is Cc1ncc(C(=O)N2CCC([C@@H](O)c3ccccc3)CC2)s1. The molecule has 1 aromatic carbocycles. The zero-order valence-electron chi connectivity index (χ0n) is 12.6. The maximum atomic E-state index is 12.4. The Morgan fingerprint density at radius 2 is 2.00 bits per heavy atom. The Hall–Kier alpha value is -1.72. The van der Waals surface area contributed by atoms with Crippen molar-refractivity contribution >= 4 is 17.2 Å². The van der Waals surface area contributed by atoms with E-state index in [1.807, 2.05) is 42.2 Å². The lowest BCUT2D eigenvalue weighted by Crippen LogP contribution is -2.39. The molecule has 1 aromatic heterocycles. The fraction of sp³-hybridized carbons (Fsp3) is 0.412. The molecule has 0 aliphatic carbocycles. The third-order valence-corrected chi connectivity index (χ3v) is 5.15. The van der Waals surface area contributed by atoms with Crippen LogP contribution in [0.3, 0.4) is 0 Å². The smallest absolute Gasteiger partial charge is 0.265 e. The largest absolute Gasteiger partial charge is 0.388 e. The predicted molar refractivity (Wildman–Crippen MR) is 86.9 cm³/mol. The Morgan fingerprint density at radius 3 is 2.59 bits per heavy atom. The van der Waals surface area contributed by atoms with Gasteiger partial charge in [0.15, 0.2) is 0 Å². The number of rotatable bonds is 3. The van der Waals surface area contributed by atoms with Crippen LogP contribution in [0.25, 0.3) is 0 Å². The lowest BCUT2D eigenvalue weighted by molar-refractivity contribution is 0.0465. The minimum absolute atomic E-state index is 0.0678. The molecular formula is C17H20N2O2S. The van der Waals surface area contributed by atoms with E-state index in [0.717, 1.165) is 23.4 Å². The number of aliphatic hydroxyl groups is 1. The molecule has 0 spiro atoms. The third kappa shape index (κ3) is 3.20. The van der Waals surface area contributed by atoms with Crippen molar-refractivity contribution in [2.45, 2.75) is 25.9 Å². The number of hydrogen-bond donors (Lipinski definition) is 1. The summed E-state index contributed by atoms with van der Waals surface area (Å²) in [5.74, 6) is 0.285. The fourth-order valence-corrected chi connectivity index (χ4v) is 3.70. The number of nitrogens with zero attached hydrogens (tertiary/aromatic N) is 2. The van der Waals surface area contributed by atoms with E-state index in [1.54, 1.807) is 6.20 Å². The Kier molecular flexibility index (Phi) is 4.55. The fourth-order valence-electron chi connectivity index (χ4n) is 2.96. The van der Waals surface area contributed by atoms with Crippen molar-refractivity contribution in [1.29, 1.82) is 0 Å². The maximum Gasteiger partial charge on any atom is 0.265 e. The van der Waals surface area contributed by atoms with Gasteiger partial charge in [-0.05, 0) is 31.2 Å². The van der Waals surface area contributed by atoms with Crippen molar-refractivity contribution < 1.29 is 9.90 Å². The average molecular weight is 316 g/mol. The van der Waals surface area contributed by atoms with Crippen LogP contribution in [0, 0.1) is 12.8 Å². The number of hydrogen-bond acceptors (Lipinski definition) is 4. The molecule has 4 nitrogen and oxygen atoms in total. The number of aromatic nitrogens is 1. The van der Waals surface area contributed by atoms with Gasteiger partial charge in [0.05, 0.1) is 17.3 Å². The van der Waals surface area contributed by atoms with E-state index in [0.29, 0.717) is 18.0 Å². The molecule has 1 fully saturated rings. The molecule has 0 radical (unpaired) electrons. The van der Waals surface area contributed by atoms with Crippen LogP contribution in [-0.2, 0) is 0 Å². The van der Waals surface area contributed by atoms with Crippen LogP contribution < -0.4 is 0 Å². The molecule has 22 heavy (non-hydrogen) atoms. The second kappa shape index (κ2) is 6.58. The van der Waals surface area contributed by atoms with Crippen LogP contribution in [0.2, 0.25) is 0 Å². The zero-order chi connectivity index (χ0) is 15.5.